The second-order valence-electron chi connectivity index (χ2n) is 8.54. The van der Waals surface area contributed by atoms with Crippen LogP contribution in [0.15, 0.2) is 48.5 Å². The summed E-state index contributed by atoms with van der Waals surface area (Å²) in [5.41, 5.74) is 6.35. The van der Waals surface area contributed by atoms with Crippen LogP contribution in [0.3, 0.4) is 0 Å². The first kappa shape index (κ1) is 21.0. The fourth-order valence-electron chi connectivity index (χ4n) is 4.46. The lowest BCUT2D eigenvalue weighted by molar-refractivity contribution is -0.142. The average molecular weight is 442 g/mol. The largest absolute Gasteiger partial charge is 0.466 e. The van der Waals surface area contributed by atoms with Gasteiger partial charge in [0.05, 0.1) is 13.0 Å². The molecule has 0 spiro atoms. The molecule has 0 N–H and O–H groups in total. The van der Waals surface area contributed by atoms with Crippen LogP contribution in [0.5, 0.6) is 0 Å². The fourth-order valence-corrected chi connectivity index (χ4v) is 4.84. The summed E-state index contributed by atoms with van der Waals surface area (Å²) < 4.78 is 7.60. The molecule has 1 aromatic heterocycles. The number of halogens is 2. The van der Waals surface area contributed by atoms with Crippen LogP contribution in [0, 0.1) is 5.41 Å². The summed E-state index contributed by atoms with van der Waals surface area (Å²) in [5, 5.41) is 1.23. The normalized spacial score (nSPS) is 14.6. The molecule has 0 unspecified atom stereocenters. The van der Waals surface area contributed by atoms with Gasteiger partial charge in [0.15, 0.2) is 0 Å². The van der Waals surface area contributed by atoms with Crippen LogP contribution >= 0.6 is 23.2 Å². The summed E-state index contributed by atoms with van der Waals surface area (Å²) in [6.07, 6.45) is 1.12. The third-order valence-electron chi connectivity index (χ3n) is 5.59. The van der Waals surface area contributed by atoms with E-state index in [1.165, 1.54) is 5.69 Å². The zero-order chi connectivity index (χ0) is 21.5. The third kappa shape index (κ3) is 3.89. The number of esters is 1. The van der Waals surface area contributed by atoms with E-state index in [0.29, 0.717) is 16.7 Å². The van der Waals surface area contributed by atoms with Crippen molar-refractivity contribution < 1.29 is 9.53 Å². The Hall–Kier alpha value is -2.23. The lowest BCUT2D eigenvalue weighted by atomic mass is 9.86. The van der Waals surface area contributed by atoms with Crippen LogP contribution in [0.4, 0.5) is 0 Å². The van der Waals surface area contributed by atoms with E-state index in [2.05, 4.69) is 30.5 Å². The molecule has 2 heterocycles. The Morgan fingerprint density at radius 3 is 2.53 bits per heavy atom. The highest BCUT2D eigenvalue weighted by Gasteiger charge is 2.37. The standard InChI is InChI=1S/C25H25Cl2NO2/c1-4-30-22(29)13-20-24(18-12-17(26)10-11-19(18)27)23(16-8-6-5-7-9-16)21-14-25(2,3)15-28(20)21/h5-12H,4,13-15H2,1-3H3. The molecule has 30 heavy (non-hydrogen) atoms. The summed E-state index contributed by atoms with van der Waals surface area (Å²) in [7, 11) is 0. The van der Waals surface area contributed by atoms with Gasteiger partial charge in [-0.1, -0.05) is 67.4 Å². The number of benzene rings is 2. The lowest BCUT2D eigenvalue weighted by Crippen LogP contribution is -2.16. The van der Waals surface area contributed by atoms with E-state index in [9.17, 15) is 4.79 Å². The Morgan fingerprint density at radius 2 is 1.83 bits per heavy atom. The SMILES string of the molecule is CCOC(=O)Cc1c(-c2cc(Cl)ccc2Cl)c(-c2ccccc2)c2n1CC(C)(C)C2. The molecule has 1 aliphatic heterocycles. The van der Waals surface area contributed by atoms with E-state index >= 15 is 0 Å². The second-order valence-corrected chi connectivity index (χ2v) is 9.39. The summed E-state index contributed by atoms with van der Waals surface area (Å²) >= 11 is 13.0. The first-order chi connectivity index (χ1) is 14.3. The van der Waals surface area contributed by atoms with E-state index in [1.54, 1.807) is 6.07 Å². The van der Waals surface area contributed by atoms with Crippen molar-refractivity contribution in [3.63, 3.8) is 0 Å². The smallest absolute Gasteiger partial charge is 0.311 e. The van der Waals surface area contributed by atoms with Crippen LogP contribution < -0.4 is 0 Å². The molecule has 4 rings (SSSR count). The summed E-state index contributed by atoms with van der Waals surface area (Å²) in [6, 6.07) is 15.8. The average Bonchev–Trinajstić information content (AvgIpc) is 3.15. The molecule has 1 aliphatic rings. The predicted molar refractivity (Wildman–Crippen MR) is 123 cm³/mol. The fraction of sp³-hybridized carbons (Fsp3) is 0.320. The Kier molecular flexibility index (Phi) is 5.69. The predicted octanol–water partition coefficient (Wildman–Crippen LogP) is 6.82. The van der Waals surface area contributed by atoms with E-state index in [1.807, 2.05) is 37.3 Å². The molecular formula is C25H25Cl2NO2. The first-order valence-electron chi connectivity index (χ1n) is 10.2. The number of nitrogens with zero attached hydrogens (tertiary/aromatic N) is 1. The number of hydrogen-bond acceptors (Lipinski definition) is 2. The number of ether oxygens (including phenoxy) is 1. The van der Waals surface area contributed by atoms with Gasteiger partial charge in [-0.2, -0.15) is 0 Å². The van der Waals surface area contributed by atoms with Crippen LogP contribution in [0.2, 0.25) is 10.0 Å². The minimum absolute atomic E-state index is 0.110. The molecule has 0 saturated carbocycles. The van der Waals surface area contributed by atoms with Gasteiger partial charge in [-0.05, 0) is 42.5 Å². The van der Waals surface area contributed by atoms with Crippen molar-refractivity contribution in [2.75, 3.05) is 6.61 Å². The van der Waals surface area contributed by atoms with Crippen molar-refractivity contribution in [1.29, 1.82) is 0 Å². The van der Waals surface area contributed by atoms with Gasteiger partial charge in [0.1, 0.15) is 0 Å². The highest BCUT2D eigenvalue weighted by molar-refractivity contribution is 6.35. The van der Waals surface area contributed by atoms with Crippen LogP contribution in [0.25, 0.3) is 22.3 Å². The van der Waals surface area contributed by atoms with E-state index in [-0.39, 0.29) is 17.8 Å². The maximum absolute atomic E-state index is 12.6. The van der Waals surface area contributed by atoms with Gasteiger partial charge in [-0.25, -0.2) is 0 Å². The molecule has 2 aromatic carbocycles. The van der Waals surface area contributed by atoms with Crippen molar-refractivity contribution in [2.24, 2.45) is 5.41 Å². The Morgan fingerprint density at radius 1 is 1.10 bits per heavy atom. The van der Waals surface area contributed by atoms with E-state index in [0.717, 1.165) is 40.9 Å². The van der Waals surface area contributed by atoms with Crippen molar-refractivity contribution >= 4 is 29.2 Å². The van der Waals surface area contributed by atoms with Gasteiger partial charge in [-0.15, -0.1) is 0 Å². The highest BCUT2D eigenvalue weighted by atomic mass is 35.5. The Balaban J connectivity index is 2.03. The minimum Gasteiger partial charge on any atom is -0.466 e. The number of carbonyl (C=O) groups excluding carboxylic acids is 1. The topological polar surface area (TPSA) is 31.2 Å². The number of rotatable bonds is 5. The number of carbonyl (C=O) groups is 1. The second kappa shape index (κ2) is 8.13. The molecule has 5 heteroatoms. The monoisotopic (exact) mass is 441 g/mol. The third-order valence-corrected chi connectivity index (χ3v) is 6.15. The number of hydrogen-bond donors (Lipinski definition) is 0. The molecule has 0 amide bonds. The Labute approximate surface area is 187 Å². The number of aromatic nitrogens is 1. The molecule has 0 fully saturated rings. The van der Waals surface area contributed by atoms with Gasteiger partial charge < -0.3 is 9.30 Å². The van der Waals surface area contributed by atoms with Crippen LogP contribution in [-0.4, -0.2) is 17.1 Å². The van der Waals surface area contributed by atoms with Crippen molar-refractivity contribution in [2.45, 2.75) is 40.2 Å². The van der Waals surface area contributed by atoms with Crippen molar-refractivity contribution in [3.05, 3.63) is 70.0 Å². The molecule has 0 atom stereocenters. The number of fused-ring (bicyclic) bond motifs is 1. The maximum atomic E-state index is 12.6. The van der Waals surface area contributed by atoms with E-state index < -0.39 is 0 Å². The molecule has 3 nitrogen and oxygen atoms in total. The lowest BCUT2D eigenvalue weighted by Gasteiger charge is -2.19. The molecule has 156 valence electrons. The zero-order valence-electron chi connectivity index (χ0n) is 17.5. The van der Waals surface area contributed by atoms with Crippen LogP contribution in [0.1, 0.15) is 32.2 Å². The molecular weight excluding hydrogens is 417 g/mol. The quantitative estimate of drug-likeness (QED) is 0.406. The summed E-state index contributed by atoms with van der Waals surface area (Å²) in [4.78, 5) is 12.6. The van der Waals surface area contributed by atoms with Crippen LogP contribution in [-0.2, 0) is 28.9 Å². The molecule has 0 radical (unpaired) electrons. The zero-order valence-corrected chi connectivity index (χ0v) is 19.0. The highest BCUT2D eigenvalue weighted by Crippen LogP contribution is 2.48. The molecule has 0 aliphatic carbocycles. The van der Waals surface area contributed by atoms with Gasteiger partial charge in [0.2, 0.25) is 0 Å². The van der Waals surface area contributed by atoms with Crippen molar-refractivity contribution in [3.8, 4) is 22.3 Å². The van der Waals surface area contributed by atoms with Gasteiger partial charge >= 0.3 is 5.97 Å². The maximum Gasteiger partial charge on any atom is 0.311 e. The molecule has 0 saturated heterocycles. The van der Waals surface area contributed by atoms with Crippen molar-refractivity contribution in [1.82, 2.24) is 4.57 Å². The molecule has 3 aromatic rings. The van der Waals surface area contributed by atoms with E-state index in [4.69, 9.17) is 27.9 Å². The Bertz CT molecular complexity index is 1100. The summed E-state index contributed by atoms with van der Waals surface area (Å²) in [6.45, 7) is 7.55. The van der Waals surface area contributed by atoms with Gasteiger partial charge in [-0.3, -0.25) is 4.79 Å². The first-order valence-corrected chi connectivity index (χ1v) is 11.0. The van der Waals surface area contributed by atoms with Gasteiger partial charge in [0, 0.05) is 44.7 Å². The van der Waals surface area contributed by atoms with Gasteiger partial charge in [0.25, 0.3) is 0 Å². The minimum atomic E-state index is -0.235. The molecule has 0 bridgehead atoms. The summed E-state index contributed by atoms with van der Waals surface area (Å²) in [5.74, 6) is -0.235.